The highest BCUT2D eigenvalue weighted by molar-refractivity contribution is 8.23. The second-order valence-electron chi connectivity index (χ2n) is 6.60. The first-order chi connectivity index (χ1) is 12.1. The van der Waals surface area contributed by atoms with Crippen molar-refractivity contribution in [3.8, 4) is 6.19 Å². The van der Waals surface area contributed by atoms with E-state index in [0.717, 1.165) is 36.4 Å². The highest BCUT2D eigenvalue weighted by atomic mass is 32.3. The van der Waals surface area contributed by atoms with E-state index in [4.69, 9.17) is 10.00 Å². The highest BCUT2D eigenvalue weighted by Crippen LogP contribution is 2.53. The van der Waals surface area contributed by atoms with Gasteiger partial charge in [0.25, 0.3) is 0 Å². The molecule has 136 valence electrons. The lowest BCUT2D eigenvalue weighted by molar-refractivity contribution is 0.123. The Hall–Kier alpha value is -1.70. The van der Waals surface area contributed by atoms with Crippen LogP contribution >= 0.6 is 11.0 Å². The molecule has 1 aromatic rings. The second kappa shape index (κ2) is 6.55. The van der Waals surface area contributed by atoms with Gasteiger partial charge >= 0.3 is 0 Å². The van der Waals surface area contributed by atoms with Crippen molar-refractivity contribution < 1.29 is 13.8 Å². The Morgan fingerprint density at radius 1 is 1.24 bits per heavy atom. The number of morpholine rings is 1. The van der Waals surface area contributed by atoms with Crippen LogP contribution in [0, 0.1) is 11.5 Å². The van der Waals surface area contributed by atoms with Crippen molar-refractivity contribution in [2.24, 2.45) is 0 Å². The van der Waals surface area contributed by atoms with Gasteiger partial charge in [-0.15, -0.1) is 0 Å². The molecule has 0 aromatic heterocycles. The molecule has 3 aliphatic rings. The second-order valence-corrected chi connectivity index (χ2v) is 8.31. The summed E-state index contributed by atoms with van der Waals surface area (Å²) in [5.74, 6) is 0. The number of rotatable bonds is 2. The number of nitriles is 1. The van der Waals surface area contributed by atoms with Crippen molar-refractivity contribution in [3.05, 3.63) is 23.8 Å². The van der Waals surface area contributed by atoms with Crippen molar-refractivity contribution in [1.29, 1.82) is 5.26 Å². The van der Waals surface area contributed by atoms with E-state index in [1.165, 1.54) is 0 Å². The van der Waals surface area contributed by atoms with Gasteiger partial charge in [-0.3, -0.25) is 13.8 Å². The summed E-state index contributed by atoms with van der Waals surface area (Å²) < 4.78 is 31.6. The van der Waals surface area contributed by atoms with Crippen molar-refractivity contribution in [3.63, 3.8) is 0 Å². The molecule has 8 nitrogen and oxygen atoms in total. The fourth-order valence-electron chi connectivity index (χ4n) is 3.76. The third-order valence-electron chi connectivity index (χ3n) is 5.08. The third-order valence-corrected chi connectivity index (χ3v) is 6.64. The molecule has 3 heterocycles. The van der Waals surface area contributed by atoms with Gasteiger partial charge in [0.2, 0.25) is 0 Å². The van der Waals surface area contributed by atoms with E-state index in [0.29, 0.717) is 32.8 Å². The number of nitrogens with one attached hydrogen (secondary N) is 1. The maximum atomic E-state index is 10.7. The maximum Gasteiger partial charge on any atom is 0.179 e. The molecule has 1 atom stereocenters. The molecule has 0 spiro atoms. The molecule has 0 bridgehead atoms. The number of benzene rings is 1. The summed E-state index contributed by atoms with van der Waals surface area (Å²) >= 11 is 0. The SMILES string of the molecule is N#CN1CCC(N2Cc3cccc(N4CCOCC4)c3NS2(O)O)C1. The monoisotopic (exact) mass is 365 g/mol. The summed E-state index contributed by atoms with van der Waals surface area (Å²) in [5.41, 5.74) is 2.84. The maximum absolute atomic E-state index is 10.7. The Labute approximate surface area is 149 Å². The summed E-state index contributed by atoms with van der Waals surface area (Å²) in [7, 11) is -3.12. The van der Waals surface area contributed by atoms with E-state index < -0.39 is 11.0 Å². The van der Waals surface area contributed by atoms with Crippen LogP contribution in [0.5, 0.6) is 0 Å². The van der Waals surface area contributed by atoms with E-state index in [9.17, 15) is 9.11 Å². The molecular weight excluding hydrogens is 342 g/mol. The average molecular weight is 365 g/mol. The molecule has 0 aliphatic carbocycles. The van der Waals surface area contributed by atoms with Crippen molar-refractivity contribution in [1.82, 2.24) is 9.21 Å². The average Bonchev–Trinajstić information content (AvgIpc) is 3.09. The smallest absolute Gasteiger partial charge is 0.179 e. The van der Waals surface area contributed by atoms with Crippen LogP contribution in [0.3, 0.4) is 0 Å². The largest absolute Gasteiger partial charge is 0.378 e. The Balaban J connectivity index is 1.61. The van der Waals surface area contributed by atoms with Crippen molar-refractivity contribution in [2.45, 2.75) is 19.0 Å². The summed E-state index contributed by atoms with van der Waals surface area (Å²) in [6, 6.07) is 5.99. The van der Waals surface area contributed by atoms with Crippen LogP contribution in [0.15, 0.2) is 18.2 Å². The zero-order valence-electron chi connectivity index (χ0n) is 14.0. The molecule has 0 radical (unpaired) electrons. The molecule has 2 fully saturated rings. The number of fused-ring (bicyclic) bond motifs is 1. The number of hydrogen-bond acceptors (Lipinski definition) is 8. The lowest BCUT2D eigenvalue weighted by Crippen LogP contribution is -2.44. The van der Waals surface area contributed by atoms with Gasteiger partial charge in [-0.1, -0.05) is 23.1 Å². The van der Waals surface area contributed by atoms with Gasteiger partial charge in [-0.05, 0) is 18.1 Å². The third kappa shape index (κ3) is 3.12. The van der Waals surface area contributed by atoms with Crippen LogP contribution < -0.4 is 9.62 Å². The summed E-state index contributed by atoms with van der Waals surface area (Å²) in [6.07, 6.45) is 2.90. The summed E-state index contributed by atoms with van der Waals surface area (Å²) in [5, 5.41) is 9.06. The minimum atomic E-state index is -3.12. The molecule has 1 aromatic carbocycles. The summed E-state index contributed by atoms with van der Waals surface area (Å²) in [4.78, 5) is 3.88. The zero-order valence-corrected chi connectivity index (χ0v) is 14.8. The van der Waals surface area contributed by atoms with E-state index in [1.807, 2.05) is 18.2 Å². The molecule has 4 rings (SSSR count). The number of hydrogen-bond donors (Lipinski definition) is 3. The van der Waals surface area contributed by atoms with Crippen LogP contribution in [0.2, 0.25) is 0 Å². The Morgan fingerprint density at radius 3 is 2.76 bits per heavy atom. The quantitative estimate of drug-likeness (QED) is 0.684. The Morgan fingerprint density at radius 2 is 2.04 bits per heavy atom. The standard InChI is InChI=1S/C16H23N5O3S/c17-12-19-5-4-14(11-19)21-10-13-2-1-3-15(16(13)18-25(21,22)23)20-6-8-24-9-7-20/h1-3,14,18,22-23H,4-11H2. The van der Waals surface area contributed by atoms with Crippen LogP contribution in [-0.4, -0.2) is 63.7 Å². The molecule has 0 amide bonds. The molecule has 9 heteroatoms. The van der Waals surface area contributed by atoms with Gasteiger partial charge in [-0.25, -0.2) is 0 Å². The Kier molecular flexibility index (Phi) is 4.39. The molecule has 0 saturated carbocycles. The summed E-state index contributed by atoms with van der Waals surface area (Å²) in [6.45, 7) is 4.60. The normalized spacial score (nSPS) is 27.3. The minimum Gasteiger partial charge on any atom is -0.378 e. The van der Waals surface area contributed by atoms with E-state index in [2.05, 4.69) is 15.8 Å². The first kappa shape index (κ1) is 16.8. The number of likely N-dealkylation sites (tertiary alicyclic amines) is 1. The predicted octanol–water partition coefficient (Wildman–Crippen LogP) is 1.89. The number of anilines is 2. The highest BCUT2D eigenvalue weighted by Gasteiger charge is 2.39. The molecular formula is C16H23N5O3S. The van der Waals surface area contributed by atoms with E-state index in [1.54, 1.807) is 9.21 Å². The van der Waals surface area contributed by atoms with Gasteiger partial charge in [0.15, 0.2) is 6.19 Å². The Bertz CT molecular complexity index is 689. The molecule has 2 saturated heterocycles. The lowest BCUT2D eigenvalue weighted by atomic mass is 10.1. The van der Waals surface area contributed by atoms with Crippen molar-refractivity contribution in [2.75, 3.05) is 49.0 Å². The van der Waals surface area contributed by atoms with Crippen LogP contribution in [-0.2, 0) is 11.3 Å². The fraction of sp³-hybridized carbons (Fsp3) is 0.562. The van der Waals surface area contributed by atoms with Gasteiger partial charge < -0.3 is 14.5 Å². The van der Waals surface area contributed by atoms with Gasteiger partial charge in [0.1, 0.15) is 0 Å². The van der Waals surface area contributed by atoms with Gasteiger partial charge in [0.05, 0.1) is 30.6 Å². The van der Waals surface area contributed by atoms with Crippen LogP contribution in [0.4, 0.5) is 11.4 Å². The fourth-order valence-corrected chi connectivity index (χ4v) is 5.30. The van der Waals surface area contributed by atoms with Crippen LogP contribution in [0.25, 0.3) is 0 Å². The topological polar surface area (TPSA) is 95.2 Å². The first-order valence-corrected chi connectivity index (χ1v) is 10.0. The molecule has 1 unspecified atom stereocenters. The molecule has 3 N–H and O–H groups in total. The van der Waals surface area contributed by atoms with Gasteiger partial charge in [-0.2, -0.15) is 9.57 Å². The van der Waals surface area contributed by atoms with Crippen molar-refractivity contribution >= 4 is 22.3 Å². The predicted molar refractivity (Wildman–Crippen MR) is 97.1 cm³/mol. The van der Waals surface area contributed by atoms with Gasteiger partial charge in [0, 0.05) is 32.7 Å². The van der Waals surface area contributed by atoms with E-state index >= 15 is 0 Å². The number of ether oxygens (including phenoxy) is 1. The zero-order chi connectivity index (χ0) is 17.4. The molecule has 3 aliphatic heterocycles. The number of para-hydroxylation sites is 1. The minimum absolute atomic E-state index is 0.0441. The van der Waals surface area contributed by atoms with Crippen LogP contribution in [0.1, 0.15) is 12.0 Å². The first-order valence-electron chi connectivity index (χ1n) is 8.50. The van der Waals surface area contributed by atoms with E-state index in [-0.39, 0.29) is 6.04 Å². The number of nitrogens with zero attached hydrogens (tertiary/aromatic N) is 4. The molecule has 25 heavy (non-hydrogen) atoms. The lowest BCUT2D eigenvalue weighted by Gasteiger charge is -2.50.